The molecule has 0 saturated carbocycles. The van der Waals surface area contributed by atoms with E-state index in [2.05, 4.69) is 11.8 Å². The lowest BCUT2D eigenvalue weighted by Gasteiger charge is -2.05. The molecule has 0 amide bonds. The first kappa shape index (κ1) is 15.0. The normalized spacial score (nSPS) is 10.7. The summed E-state index contributed by atoms with van der Waals surface area (Å²) >= 11 is 0. The molecule has 0 spiro atoms. The van der Waals surface area contributed by atoms with E-state index in [9.17, 15) is 13.2 Å². The van der Waals surface area contributed by atoms with E-state index in [1.807, 2.05) is 19.1 Å². The maximum absolute atomic E-state index is 12.4. The van der Waals surface area contributed by atoms with Crippen molar-refractivity contribution >= 4 is 0 Å². The molecule has 0 aromatic heterocycles. The van der Waals surface area contributed by atoms with E-state index in [4.69, 9.17) is 4.74 Å². The summed E-state index contributed by atoms with van der Waals surface area (Å²) in [7, 11) is 0. The zero-order chi connectivity index (χ0) is 15.3. The van der Waals surface area contributed by atoms with Gasteiger partial charge < -0.3 is 4.74 Å². The Balaban J connectivity index is 2.11. The Kier molecular flexibility index (Phi) is 4.54. The highest BCUT2D eigenvalue weighted by atomic mass is 19.4. The Morgan fingerprint density at radius 3 is 1.76 bits per heavy atom. The van der Waals surface area contributed by atoms with E-state index in [0.29, 0.717) is 12.2 Å². The monoisotopic (exact) mass is 290 g/mol. The second-order valence-corrected chi connectivity index (χ2v) is 4.28. The molecular formula is C17H13F3O. The van der Waals surface area contributed by atoms with Gasteiger partial charge in [0, 0.05) is 11.1 Å². The van der Waals surface area contributed by atoms with Gasteiger partial charge in [-0.15, -0.1) is 0 Å². The van der Waals surface area contributed by atoms with Crippen LogP contribution in [-0.4, -0.2) is 6.61 Å². The van der Waals surface area contributed by atoms with Crippen molar-refractivity contribution in [1.82, 2.24) is 0 Å². The number of alkyl halides is 3. The van der Waals surface area contributed by atoms with E-state index in [-0.39, 0.29) is 0 Å². The Bertz CT molecular complexity index is 644. The first-order valence-electron chi connectivity index (χ1n) is 6.41. The third-order valence-electron chi connectivity index (χ3n) is 2.73. The summed E-state index contributed by atoms with van der Waals surface area (Å²) < 4.78 is 42.6. The lowest BCUT2D eigenvalue weighted by molar-refractivity contribution is -0.137. The number of hydrogen-bond donors (Lipinski definition) is 0. The molecule has 0 bridgehead atoms. The molecule has 0 saturated heterocycles. The average Bonchev–Trinajstić information content (AvgIpc) is 2.46. The Hall–Kier alpha value is -2.41. The van der Waals surface area contributed by atoms with Gasteiger partial charge in [-0.3, -0.25) is 0 Å². The molecule has 0 atom stereocenters. The summed E-state index contributed by atoms with van der Waals surface area (Å²) in [4.78, 5) is 0. The van der Waals surface area contributed by atoms with Crippen LogP contribution in [0.4, 0.5) is 13.2 Å². The summed E-state index contributed by atoms with van der Waals surface area (Å²) in [5.41, 5.74) is 0.643. The highest BCUT2D eigenvalue weighted by Gasteiger charge is 2.29. The zero-order valence-electron chi connectivity index (χ0n) is 11.4. The molecule has 21 heavy (non-hydrogen) atoms. The molecule has 0 heterocycles. The van der Waals surface area contributed by atoms with Crippen molar-refractivity contribution in [2.24, 2.45) is 0 Å². The van der Waals surface area contributed by atoms with E-state index in [1.54, 1.807) is 12.1 Å². The van der Waals surface area contributed by atoms with Crippen LogP contribution in [0.25, 0.3) is 0 Å². The highest BCUT2D eigenvalue weighted by Crippen LogP contribution is 2.28. The average molecular weight is 290 g/mol. The second-order valence-electron chi connectivity index (χ2n) is 4.28. The van der Waals surface area contributed by atoms with E-state index in [1.165, 1.54) is 12.1 Å². The van der Waals surface area contributed by atoms with Gasteiger partial charge in [0.2, 0.25) is 0 Å². The summed E-state index contributed by atoms with van der Waals surface area (Å²) in [6.45, 7) is 2.49. The van der Waals surface area contributed by atoms with Gasteiger partial charge in [0.15, 0.2) is 0 Å². The van der Waals surface area contributed by atoms with Crippen molar-refractivity contribution in [3.63, 3.8) is 0 Å². The van der Waals surface area contributed by atoms with Crippen LogP contribution in [0.3, 0.4) is 0 Å². The third-order valence-corrected chi connectivity index (χ3v) is 2.73. The van der Waals surface area contributed by atoms with Gasteiger partial charge in [-0.05, 0) is 55.5 Å². The van der Waals surface area contributed by atoms with Crippen LogP contribution < -0.4 is 4.74 Å². The largest absolute Gasteiger partial charge is 0.494 e. The molecule has 2 aromatic carbocycles. The molecule has 0 aliphatic rings. The van der Waals surface area contributed by atoms with E-state index in [0.717, 1.165) is 23.4 Å². The van der Waals surface area contributed by atoms with Crippen molar-refractivity contribution in [2.45, 2.75) is 13.1 Å². The summed E-state index contributed by atoms with van der Waals surface area (Å²) in [6.07, 6.45) is -4.32. The van der Waals surface area contributed by atoms with E-state index < -0.39 is 11.7 Å². The minimum absolute atomic E-state index is 0.539. The van der Waals surface area contributed by atoms with Gasteiger partial charge in [-0.25, -0.2) is 0 Å². The molecule has 0 aliphatic carbocycles. The standard InChI is InChI=1S/C17H13F3O/c1-2-21-16-11-7-14(8-12-16)4-3-13-5-9-15(10-6-13)17(18,19)20/h5-12H,2H2,1H3. The first-order chi connectivity index (χ1) is 9.99. The SMILES string of the molecule is CCOc1ccc(C#Cc2ccc(C(F)(F)F)cc2)cc1. The van der Waals surface area contributed by atoms with E-state index >= 15 is 0 Å². The van der Waals surface area contributed by atoms with Crippen LogP contribution in [-0.2, 0) is 6.18 Å². The highest BCUT2D eigenvalue weighted by molar-refractivity contribution is 5.45. The van der Waals surface area contributed by atoms with Crippen LogP contribution in [0.1, 0.15) is 23.6 Å². The van der Waals surface area contributed by atoms with Gasteiger partial charge in [0.1, 0.15) is 5.75 Å². The number of halogens is 3. The number of ether oxygens (including phenoxy) is 1. The maximum Gasteiger partial charge on any atom is 0.416 e. The fourth-order valence-electron chi connectivity index (χ4n) is 1.69. The number of hydrogen-bond acceptors (Lipinski definition) is 1. The quantitative estimate of drug-likeness (QED) is 0.740. The summed E-state index contributed by atoms with van der Waals surface area (Å²) in [6, 6.07) is 12.0. The molecule has 0 N–H and O–H groups in total. The summed E-state index contributed by atoms with van der Waals surface area (Å²) in [5, 5.41) is 0. The van der Waals surface area contributed by atoms with Crippen LogP contribution in [0.15, 0.2) is 48.5 Å². The van der Waals surface area contributed by atoms with Gasteiger partial charge in [0.05, 0.1) is 12.2 Å². The van der Waals surface area contributed by atoms with Crippen LogP contribution in [0, 0.1) is 11.8 Å². The molecule has 0 aliphatic heterocycles. The molecule has 0 radical (unpaired) electrons. The van der Waals surface area contributed by atoms with Crippen LogP contribution in [0.5, 0.6) is 5.75 Å². The lowest BCUT2D eigenvalue weighted by Crippen LogP contribution is -2.04. The van der Waals surface area contributed by atoms with Crippen molar-refractivity contribution in [1.29, 1.82) is 0 Å². The lowest BCUT2D eigenvalue weighted by atomic mass is 10.1. The number of benzene rings is 2. The predicted molar refractivity (Wildman–Crippen MR) is 75.0 cm³/mol. The minimum Gasteiger partial charge on any atom is -0.494 e. The topological polar surface area (TPSA) is 9.23 Å². The van der Waals surface area contributed by atoms with Gasteiger partial charge in [-0.1, -0.05) is 11.8 Å². The van der Waals surface area contributed by atoms with Crippen molar-refractivity contribution in [3.05, 3.63) is 65.2 Å². The van der Waals surface area contributed by atoms with Gasteiger partial charge >= 0.3 is 6.18 Å². The Labute approximate surface area is 121 Å². The fourth-order valence-corrected chi connectivity index (χ4v) is 1.69. The molecular weight excluding hydrogens is 277 g/mol. The number of rotatable bonds is 2. The Morgan fingerprint density at radius 2 is 1.33 bits per heavy atom. The zero-order valence-corrected chi connectivity index (χ0v) is 11.4. The first-order valence-corrected chi connectivity index (χ1v) is 6.41. The molecule has 0 unspecified atom stereocenters. The third kappa shape index (κ3) is 4.28. The van der Waals surface area contributed by atoms with Crippen LogP contribution >= 0.6 is 0 Å². The van der Waals surface area contributed by atoms with Crippen LogP contribution in [0.2, 0.25) is 0 Å². The molecule has 2 rings (SSSR count). The maximum atomic E-state index is 12.4. The van der Waals surface area contributed by atoms with Crippen molar-refractivity contribution in [2.75, 3.05) is 6.61 Å². The second kappa shape index (κ2) is 6.36. The molecule has 1 nitrogen and oxygen atoms in total. The minimum atomic E-state index is -4.32. The molecule has 108 valence electrons. The molecule has 0 fully saturated rings. The molecule has 2 aromatic rings. The predicted octanol–water partition coefficient (Wildman–Crippen LogP) is 4.50. The van der Waals surface area contributed by atoms with Crippen molar-refractivity contribution < 1.29 is 17.9 Å². The van der Waals surface area contributed by atoms with Gasteiger partial charge in [-0.2, -0.15) is 13.2 Å². The van der Waals surface area contributed by atoms with Gasteiger partial charge in [0.25, 0.3) is 0 Å². The fraction of sp³-hybridized carbons (Fsp3) is 0.176. The molecule has 4 heteroatoms. The van der Waals surface area contributed by atoms with Crippen molar-refractivity contribution in [3.8, 4) is 17.6 Å². The smallest absolute Gasteiger partial charge is 0.416 e. The summed E-state index contributed by atoms with van der Waals surface area (Å²) in [5.74, 6) is 6.50. The Morgan fingerprint density at radius 1 is 0.857 bits per heavy atom.